The summed E-state index contributed by atoms with van der Waals surface area (Å²) >= 11 is 0. The third kappa shape index (κ3) is 5.16. The van der Waals surface area contributed by atoms with Crippen LogP contribution in [0, 0.1) is 16.0 Å². The molecule has 2 aliphatic rings. The zero-order chi connectivity index (χ0) is 21.2. The Morgan fingerprint density at radius 3 is 2.28 bits per heavy atom. The van der Waals surface area contributed by atoms with E-state index in [1.807, 2.05) is 4.90 Å². The van der Waals surface area contributed by atoms with Gasteiger partial charge in [-0.25, -0.2) is 4.39 Å². The van der Waals surface area contributed by atoms with E-state index in [-0.39, 0.29) is 36.9 Å². The number of non-ortho nitro benzene ring substituents is 1. The van der Waals surface area contributed by atoms with E-state index in [9.17, 15) is 32.5 Å². The predicted molar refractivity (Wildman–Crippen MR) is 98.7 cm³/mol. The lowest BCUT2D eigenvalue weighted by Crippen LogP contribution is -2.41. The molecule has 10 heteroatoms. The maximum Gasteiger partial charge on any atom is 0.391 e. The molecule has 1 N–H and O–H groups in total. The molecule has 0 spiro atoms. The van der Waals surface area contributed by atoms with Crippen molar-refractivity contribution in [1.82, 2.24) is 5.32 Å². The monoisotopic (exact) mass is 417 g/mol. The lowest BCUT2D eigenvalue weighted by Gasteiger charge is -2.33. The third-order valence-corrected chi connectivity index (χ3v) is 5.73. The van der Waals surface area contributed by atoms with Gasteiger partial charge in [-0.05, 0) is 44.6 Å². The summed E-state index contributed by atoms with van der Waals surface area (Å²) in [5.74, 6) is -1.91. The molecule has 3 rings (SSSR count). The number of rotatable bonds is 4. The zero-order valence-electron chi connectivity index (χ0n) is 15.8. The molecule has 0 unspecified atom stereocenters. The first kappa shape index (κ1) is 21.3. The minimum Gasteiger partial charge on any atom is -0.371 e. The van der Waals surface area contributed by atoms with Crippen molar-refractivity contribution in [3.05, 3.63) is 33.9 Å². The van der Waals surface area contributed by atoms with E-state index in [2.05, 4.69) is 5.32 Å². The minimum absolute atomic E-state index is 0.0553. The van der Waals surface area contributed by atoms with Crippen LogP contribution in [0.4, 0.5) is 28.9 Å². The summed E-state index contributed by atoms with van der Waals surface area (Å²) in [6.45, 7) is 0.770. The van der Waals surface area contributed by atoms with Crippen molar-refractivity contribution in [2.45, 2.75) is 56.9 Å². The van der Waals surface area contributed by atoms with Gasteiger partial charge in [-0.1, -0.05) is 0 Å². The summed E-state index contributed by atoms with van der Waals surface area (Å²) in [6.07, 6.45) is -4.24. The number of anilines is 1. The standard InChI is InChI=1S/C19H23F4N3O3/c20-13-7-9-25(10-8-13)17-6-5-15(26(28)29)11-16(17)18(27)24-14-3-1-12(2-4-14)19(21,22)23/h5-6,11-14H,1-4,7-10H2,(H,24,27). The van der Waals surface area contributed by atoms with Crippen LogP contribution in [0.1, 0.15) is 48.9 Å². The molecule has 0 bridgehead atoms. The van der Waals surface area contributed by atoms with Gasteiger partial charge in [0.15, 0.2) is 0 Å². The van der Waals surface area contributed by atoms with Crippen LogP contribution in [-0.4, -0.2) is 42.3 Å². The Morgan fingerprint density at radius 1 is 1.10 bits per heavy atom. The van der Waals surface area contributed by atoms with Gasteiger partial charge in [-0.3, -0.25) is 14.9 Å². The van der Waals surface area contributed by atoms with E-state index in [4.69, 9.17) is 0 Å². The Bertz CT molecular complexity index is 756. The summed E-state index contributed by atoms with van der Waals surface area (Å²) in [5.41, 5.74) is 0.318. The van der Waals surface area contributed by atoms with E-state index in [0.29, 0.717) is 31.6 Å². The van der Waals surface area contributed by atoms with Gasteiger partial charge in [-0.15, -0.1) is 0 Å². The number of nitro groups is 1. The number of nitrogens with zero attached hydrogens (tertiary/aromatic N) is 2. The average molecular weight is 417 g/mol. The molecule has 1 aliphatic heterocycles. The number of halogens is 4. The zero-order valence-corrected chi connectivity index (χ0v) is 15.8. The Kier molecular flexibility index (Phi) is 6.28. The van der Waals surface area contributed by atoms with Crippen molar-refractivity contribution in [2.24, 2.45) is 5.92 Å². The quantitative estimate of drug-likeness (QED) is 0.448. The van der Waals surface area contributed by atoms with Crippen molar-refractivity contribution >= 4 is 17.3 Å². The van der Waals surface area contributed by atoms with E-state index in [1.54, 1.807) is 0 Å². The van der Waals surface area contributed by atoms with Crippen molar-refractivity contribution < 1.29 is 27.3 Å². The minimum atomic E-state index is -4.23. The molecule has 0 radical (unpaired) electrons. The molecule has 1 aliphatic carbocycles. The predicted octanol–water partition coefficient (Wildman–Crippen LogP) is 4.38. The highest BCUT2D eigenvalue weighted by Gasteiger charge is 2.41. The molecule has 160 valence electrons. The fraction of sp³-hybridized carbons (Fsp3) is 0.632. The third-order valence-electron chi connectivity index (χ3n) is 5.73. The van der Waals surface area contributed by atoms with Gasteiger partial charge >= 0.3 is 6.18 Å². The average Bonchev–Trinajstić information content (AvgIpc) is 2.68. The second-order valence-electron chi connectivity index (χ2n) is 7.68. The number of nitrogens with one attached hydrogen (secondary N) is 1. The van der Waals surface area contributed by atoms with Crippen LogP contribution < -0.4 is 10.2 Å². The second-order valence-corrected chi connectivity index (χ2v) is 7.68. The molecular formula is C19H23F4N3O3. The van der Waals surface area contributed by atoms with Crippen molar-refractivity contribution in [1.29, 1.82) is 0 Å². The van der Waals surface area contributed by atoms with Gasteiger partial charge in [0.1, 0.15) is 6.17 Å². The Balaban J connectivity index is 1.74. The normalized spacial score (nSPS) is 23.7. The summed E-state index contributed by atoms with van der Waals surface area (Å²) < 4.78 is 51.9. The number of hydrogen-bond acceptors (Lipinski definition) is 4. The summed E-state index contributed by atoms with van der Waals surface area (Å²) in [5, 5.41) is 13.9. The number of carbonyl (C=O) groups excluding carboxylic acids is 1. The van der Waals surface area contributed by atoms with Crippen LogP contribution in [0.15, 0.2) is 18.2 Å². The van der Waals surface area contributed by atoms with Gasteiger partial charge in [0, 0.05) is 31.3 Å². The van der Waals surface area contributed by atoms with Crippen LogP contribution >= 0.6 is 0 Å². The van der Waals surface area contributed by atoms with Gasteiger partial charge in [0.2, 0.25) is 0 Å². The van der Waals surface area contributed by atoms with Crippen LogP contribution in [0.3, 0.4) is 0 Å². The van der Waals surface area contributed by atoms with Crippen molar-refractivity contribution in [2.75, 3.05) is 18.0 Å². The Hall–Kier alpha value is -2.39. The van der Waals surface area contributed by atoms with E-state index in [0.717, 1.165) is 0 Å². The SMILES string of the molecule is O=C(NC1CCC(C(F)(F)F)CC1)c1cc([N+](=O)[O-])ccc1N1CCC(F)CC1. The number of amides is 1. The molecule has 1 saturated heterocycles. The Morgan fingerprint density at radius 2 is 1.72 bits per heavy atom. The second kappa shape index (κ2) is 8.54. The number of nitro benzene ring substituents is 1. The molecule has 0 aromatic heterocycles. The molecule has 29 heavy (non-hydrogen) atoms. The van der Waals surface area contributed by atoms with Crippen molar-refractivity contribution in [3.8, 4) is 0 Å². The van der Waals surface area contributed by atoms with E-state index in [1.165, 1.54) is 18.2 Å². The van der Waals surface area contributed by atoms with Gasteiger partial charge in [0.05, 0.1) is 22.1 Å². The van der Waals surface area contributed by atoms with Gasteiger partial charge < -0.3 is 10.2 Å². The molecule has 6 nitrogen and oxygen atoms in total. The fourth-order valence-corrected chi connectivity index (χ4v) is 4.01. The highest BCUT2D eigenvalue weighted by molar-refractivity contribution is 6.00. The lowest BCUT2D eigenvalue weighted by molar-refractivity contribution is -0.384. The first-order chi connectivity index (χ1) is 13.6. The highest BCUT2D eigenvalue weighted by atomic mass is 19.4. The first-order valence-corrected chi connectivity index (χ1v) is 9.70. The van der Waals surface area contributed by atoms with Crippen LogP contribution in [0.25, 0.3) is 0 Å². The van der Waals surface area contributed by atoms with Crippen LogP contribution in [0.5, 0.6) is 0 Å². The number of alkyl halides is 4. The Labute approximate surface area is 165 Å². The van der Waals surface area contributed by atoms with Crippen molar-refractivity contribution in [3.63, 3.8) is 0 Å². The maximum atomic E-state index is 13.5. The largest absolute Gasteiger partial charge is 0.391 e. The van der Waals surface area contributed by atoms with Crippen LogP contribution in [0.2, 0.25) is 0 Å². The lowest BCUT2D eigenvalue weighted by atomic mass is 9.85. The van der Waals surface area contributed by atoms with E-state index >= 15 is 0 Å². The molecule has 1 heterocycles. The smallest absolute Gasteiger partial charge is 0.371 e. The first-order valence-electron chi connectivity index (χ1n) is 9.70. The molecular weight excluding hydrogens is 394 g/mol. The highest BCUT2D eigenvalue weighted by Crippen LogP contribution is 2.37. The van der Waals surface area contributed by atoms with E-state index < -0.39 is 35.1 Å². The molecule has 2 fully saturated rings. The number of piperidine rings is 1. The molecule has 0 atom stereocenters. The van der Waals surface area contributed by atoms with Gasteiger partial charge in [-0.2, -0.15) is 13.2 Å². The molecule has 1 amide bonds. The van der Waals surface area contributed by atoms with Crippen LogP contribution in [-0.2, 0) is 0 Å². The summed E-state index contributed by atoms with van der Waals surface area (Å²) in [4.78, 5) is 25.2. The molecule has 1 aromatic carbocycles. The number of hydrogen-bond donors (Lipinski definition) is 1. The molecule has 1 aromatic rings. The number of carbonyl (C=O) groups is 1. The summed E-state index contributed by atoms with van der Waals surface area (Å²) in [7, 11) is 0. The summed E-state index contributed by atoms with van der Waals surface area (Å²) in [6, 6.07) is 3.53. The maximum absolute atomic E-state index is 13.5. The fourth-order valence-electron chi connectivity index (χ4n) is 4.01. The van der Waals surface area contributed by atoms with Gasteiger partial charge in [0.25, 0.3) is 11.6 Å². The molecule has 1 saturated carbocycles. The number of benzene rings is 1. The topological polar surface area (TPSA) is 75.5 Å².